The molecule has 1 fully saturated rings. The smallest absolute Gasteiger partial charge is 0.225 e. The lowest BCUT2D eigenvalue weighted by Gasteiger charge is -2.33. The average Bonchev–Trinajstić information content (AvgIpc) is 2.54. The fourth-order valence-corrected chi connectivity index (χ4v) is 2.58. The minimum atomic E-state index is -0.0607. The third kappa shape index (κ3) is 5.14. The molecule has 0 spiro atoms. The fourth-order valence-electron chi connectivity index (χ4n) is 2.58. The highest BCUT2D eigenvalue weighted by atomic mass is 16.5. The van der Waals surface area contributed by atoms with Gasteiger partial charge >= 0.3 is 0 Å². The van der Waals surface area contributed by atoms with Gasteiger partial charge in [0.1, 0.15) is 0 Å². The molecule has 0 saturated carbocycles. The van der Waals surface area contributed by atoms with E-state index in [0.29, 0.717) is 26.0 Å². The SMILES string of the molecule is CN(CCC#N)C(=O)CC1CN(Cc2ccccc2)CCO1. The first-order valence-corrected chi connectivity index (χ1v) is 7.68. The van der Waals surface area contributed by atoms with Gasteiger partial charge in [0.15, 0.2) is 0 Å². The van der Waals surface area contributed by atoms with Crippen LogP contribution in [0.25, 0.3) is 0 Å². The number of hydrogen-bond acceptors (Lipinski definition) is 4. The van der Waals surface area contributed by atoms with Crippen molar-refractivity contribution in [2.75, 3.05) is 33.3 Å². The topological polar surface area (TPSA) is 56.6 Å². The molecule has 22 heavy (non-hydrogen) atoms. The third-order valence-electron chi connectivity index (χ3n) is 3.86. The van der Waals surface area contributed by atoms with Crippen molar-refractivity contribution in [2.45, 2.75) is 25.5 Å². The number of hydrogen-bond donors (Lipinski definition) is 0. The molecule has 0 aromatic heterocycles. The zero-order valence-corrected chi connectivity index (χ0v) is 13.1. The Morgan fingerprint density at radius 3 is 2.95 bits per heavy atom. The quantitative estimate of drug-likeness (QED) is 0.801. The maximum absolute atomic E-state index is 12.1. The van der Waals surface area contributed by atoms with Crippen molar-refractivity contribution in [3.63, 3.8) is 0 Å². The van der Waals surface area contributed by atoms with E-state index in [4.69, 9.17) is 10.00 Å². The summed E-state index contributed by atoms with van der Waals surface area (Å²) in [5, 5.41) is 8.57. The molecule has 0 bridgehead atoms. The Balaban J connectivity index is 1.80. The summed E-state index contributed by atoms with van der Waals surface area (Å²) in [6.45, 7) is 3.69. The number of carbonyl (C=O) groups excluding carboxylic acids is 1. The van der Waals surface area contributed by atoms with Crippen molar-refractivity contribution in [3.8, 4) is 6.07 Å². The number of rotatable bonds is 6. The van der Waals surface area contributed by atoms with E-state index >= 15 is 0 Å². The number of morpholine rings is 1. The second kappa shape index (κ2) is 8.52. The molecule has 5 heteroatoms. The Morgan fingerprint density at radius 1 is 1.45 bits per heavy atom. The van der Waals surface area contributed by atoms with Crippen LogP contribution in [0, 0.1) is 11.3 Å². The van der Waals surface area contributed by atoms with Crippen LogP contribution in [0.1, 0.15) is 18.4 Å². The summed E-state index contributed by atoms with van der Waals surface area (Å²) in [6, 6.07) is 12.4. The molecule has 0 aliphatic carbocycles. The zero-order valence-electron chi connectivity index (χ0n) is 13.1. The standard InChI is InChI=1S/C17H23N3O2/c1-19(9-5-8-18)17(21)12-16-14-20(10-11-22-16)13-15-6-3-2-4-7-15/h2-4,6-7,16H,5,9-14H2,1H3. The highest BCUT2D eigenvalue weighted by Gasteiger charge is 2.24. The maximum atomic E-state index is 12.1. The lowest BCUT2D eigenvalue weighted by Crippen LogP contribution is -2.44. The zero-order chi connectivity index (χ0) is 15.8. The molecule has 1 aliphatic heterocycles. The van der Waals surface area contributed by atoms with Gasteiger partial charge in [-0.05, 0) is 5.56 Å². The van der Waals surface area contributed by atoms with Crippen LogP contribution in [-0.2, 0) is 16.1 Å². The Hall–Kier alpha value is -1.90. The fraction of sp³-hybridized carbons (Fsp3) is 0.529. The largest absolute Gasteiger partial charge is 0.375 e. The monoisotopic (exact) mass is 301 g/mol. The summed E-state index contributed by atoms with van der Waals surface area (Å²) >= 11 is 0. The van der Waals surface area contributed by atoms with Gasteiger partial charge in [0.2, 0.25) is 5.91 Å². The Kier molecular flexibility index (Phi) is 6.38. The van der Waals surface area contributed by atoms with E-state index < -0.39 is 0 Å². The minimum Gasteiger partial charge on any atom is -0.375 e. The molecule has 118 valence electrons. The summed E-state index contributed by atoms with van der Waals surface area (Å²) < 4.78 is 5.72. The average molecular weight is 301 g/mol. The summed E-state index contributed by atoms with van der Waals surface area (Å²) in [6.07, 6.45) is 0.690. The highest BCUT2D eigenvalue weighted by molar-refractivity contribution is 5.76. The van der Waals surface area contributed by atoms with Gasteiger partial charge in [0.05, 0.1) is 31.6 Å². The number of carbonyl (C=O) groups is 1. The predicted molar refractivity (Wildman–Crippen MR) is 83.9 cm³/mol. The van der Waals surface area contributed by atoms with E-state index in [1.54, 1.807) is 11.9 Å². The van der Waals surface area contributed by atoms with E-state index in [1.807, 2.05) is 18.2 Å². The van der Waals surface area contributed by atoms with Crippen molar-refractivity contribution in [3.05, 3.63) is 35.9 Å². The lowest BCUT2D eigenvalue weighted by atomic mass is 10.1. The molecule has 1 aromatic carbocycles. The van der Waals surface area contributed by atoms with Crippen LogP contribution < -0.4 is 0 Å². The minimum absolute atomic E-state index is 0.0433. The summed E-state index contributed by atoms with van der Waals surface area (Å²) in [7, 11) is 1.74. The summed E-state index contributed by atoms with van der Waals surface area (Å²) in [5.41, 5.74) is 1.28. The van der Waals surface area contributed by atoms with Crippen molar-refractivity contribution in [2.24, 2.45) is 0 Å². The Bertz CT molecular complexity index is 512. The number of amides is 1. The van der Waals surface area contributed by atoms with Crippen LogP contribution >= 0.6 is 0 Å². The summed E-state index contributed by atoms with van der Waals surface area (Å²) in [5.74, 6) is 0.0433. The van der Waals surface area contributed by atoms with E-state index in [0.717, 1.165) is 19.6 Å². The second-order valence-corrected chi connectivity index (χ2v) is 5.64. The van der Waals surface area contributed by atoms with Gasteiger partial charge in [0.25, 0.3) is 0 Å². The molecule has 1 heterocycles. The molecule has 1 atom stereocenters. The molecule has 1 aliphatic rings. The van der Waals surface area contributed by atoms with Gasteiger partial charge in [-0.3, -0.25) is 9.69 Å². The summed E-state index contributed by atoms with van der Waals surface area (Å²) in [4.78, 5) is 16.0. The molecule has 1 saturated heterocycles. The van der Waals surface area contributed by atoms with Crippen LogP contribution in [-0.4, -0.2) is 55.1 Å². The predicted octanol–water partition coefficient (Wildman–Crippen LogP) is 1.65. The molecule has 1 aromatic rings. The number of nitriles is 1. The normalized spacial score (nSPS) is 18.6. The van der Waals surface area contributed by atoms with Gasteiger partial charge in [-0.1, -0.05) is 30.3 Å². The first-order valence-electron chi connectivity index (χ1n) is 7.68. The van der Waals surface area contributed by atoms with Crippen LogP contribution in [0.4, 0.5) is 0 Å². The van der Waals surface area contributed by atoms with Crippen LogP contribution in [0.15, 0.2) is 30.3 Å². The van der Waals surface area contributed by atoms with Gasteiger partial charge in [-0.15, -0.1) is 0 Å². The number of ether oxygens (including phenoxy) is 1. The van der Waals surface area contributed by atoms with Gasteiger partial charge in [0, 0.05) is 33.2 Å². The van der Waals surface area contributed by atoms with Crippen LogP contribution in [0.2, 0.25) is 0 Å². The number of nitrogens with zero attached hydrogens (tertiary/aromatic N) is 3. The van der Waals surface area contributed by atoms with E-state index in [-0.39, 0.29) is 12.0 Å². The Labute approximate surface area is 132 Å². The van der Waals surface area contributed by atoms with Crippen molar-refractivity contribution in [1.82, 2.24) is 9.80 Å². The van der Waals surface area contributed by atoms with Crippen LogP contribution in [0.5, 0.6) is 0 Å². The van der Waals surface area contributed by atoms with Gasteiger partial charge in [-0.2, -0.15) is 5.26 Å². The molecule has 1 amide bonds. The number of benzene rings is 1. The van der Waals surface area contributed by atoms with E-state index in [1.165, 1.54) is 5.56 Å². The molecular formula is C17H23N3O2. The first kappa shape index (κ1) is 16.5. The highest BCUT2D eigenvalue weighted by Crippen LogP contribution is 2.13. The van der Waals surface area contributed by atoms with Crippen molar-refractivity contribution in [1.29, 1.82) is 5.26 Å². The molecule has 2 rings (SSSR count). The lowest BCUT2D eigenvalue weighted by molar-refractivity contribution is -0.135. The van der Waals surface area contributed by atoms with Crippen molar-refractivity contribution < 1.29 is 9.53 Å². The second-order valence-electron chi connectivity index (χ2n) is 5.64. The van der Waals surface area contributed by atoms with Gasteiger partial charge < -0.3 is 9.64 Å². The molecule has 5 nitrogen and oxygen atoms in total. The maximum Gasteiger partial charge on any atom is 0.225 e. The molecule has 1 unspecified atom stereocenters. The first-order chi connectivity index (χ1) is 10.7. The Morgan fingerprint density at radius 2 is 2.23 bits per heavy atom. The van der Waals surface area contributed by atoms with E-state index in [9.17, 15) is 4.79 Å². The molecular weight excluding hydrogens is 278 g/mol. The van der Waals surface area contributed by atoms with Gasteiger partial charge in [-0.25, -0.2) is 0 Å². The molecule has 0 radical (unpaired) electrons. The molecule has 0 N–H and O–H groups in total. The van der Waals surface area contributed by atoms with Crippen molar-refractivity contribution >= 4 is 5.91 Å². The van der Waals surface area contributed by atoms with Crippen LogP contribution in [0.3, 0.4) is 0 Å². The van der Waals surface area contributed by atoms with E-state index in [2.05, 4.69) is 23.1 Å². The third-order valence-corrected chi connectivity index (χ3v) is 3.86.